The van der Waals surface area contributed by atoms with Crippen LogP contribution in [-0.4, -0.2) is 40.9 Å². The maximum Gasteiger partial charge on any atom is 0.135 e. The number of rotatable bonds is 4. The average molecular weight is 625 g/mol. The van der Waals surface area contributed by atoms with Crippen molar-refractivity contribution in [3.05, 3.63) is 96.1 Å². The predicted octanol–water partition coefficient (Wildman–Crippen LogP) is 8.29. The Bertz CT molecular complexity index is 2170. The Hall–Kier alpha value is -6.28. The minimum Gasteiger partial charge on any atom is -0.507 e. The molecule has 8 nitrogen and oxygen atoms in total. The summed E-state index contributed by atoms with van der Waals surface area (Å²) in [5.41, 5.74) is 3.14. The Kier molecular flexibility index (Phi) is 5.62. The largest absolute Gasteiger partial charge is 0.507 e. The number of aromatic hydroxyl groups is 8. The number of fused-ring (bicyclic) bond motifs is 4. The highest BCUT2D eigenvalue weighted by Gasteiger charge is 2.35. The molecule has 0 amide bonds. The van der Waals surface area contributed by atoms with Gasteiger partial charge in [0.15, 0.2) is 0 Å². The summed E-state index contributed by atoms with van der Waals surface area (Å²) in [4.78, 5) is 0. The Morgan fingerprint density at radius 1 is 0.340 bits per heavy atom. The lowest BCUT2D eigenvalue weighted by Gasteiger charge is -2.30. The monoisotopic (exact) mass is 624 g/mol. The van der Waals surface area contributed by atoms with Crippen LogP contribution in [0.3, 0.4) is 0 Å². The van der Waals surface area contributed by atoms with Gasteiger partial charge in [-0.3, -0.25) is 0 Å². The third-order valence-corrected chi connectivity index (χ3v) is 9.71. The van der Waals surface area contributed by atoms with Gasteiger partial charge < -0.3 is 40.9 Å². The highest BCUT2D eigenvalue weighted by Crippen LogP contribution is 2.58. The quantitative estimate of drug-likeness (QED) is 0.0970. The van der Waals surface area contributed by atoms with Gasteiger partial charge in [0.1, 0.15) is 46.0 Å². The minimum atomic E-state index is -1.19. The molecule has 0 radical (unpaired) electrons. The van der Waals surface area contributed by atoms with Gasteiger partial charge in [-0.1, -0.05) is 74.5 Å². The number of benzene rings is 6. The van der Waals surface area contributed by atoms with E-state index in [0.717, 1.165) is 0 Å². The molecule has 0 heterocycles. The van der Waals surface area contributed by atoms with Crippen molar-refractivity contribution in [2.24, 2.45) is 0 Å². The fourth-order valence-corrected chi connectivity index (χ4v) is 7.17. The molecule has 0 unspecified atom stereocenters. The maximum absolute atomic E-state index is 11.8. The van der Waals surface area contributed by atoms with E-state index in [-0.39, 0.29) is 90.5 Å². The summed E-state index contributed by atoms with van der Waals surface area (Å²) in [6.45, 7) is 3.48. The van der Waals surface area contributed by atoms with Crippen molar-refractivity contribution < 1.29 is 40.9 Å². The first kappa shape index (κ1) is 28.2. The third kappa shape index (κ3) is 3.69. The van der Waals surface area contributed by atoms with Crippen molar-refractivity contribution >= 4 is 0 Å². The van der Waals surface area contributed by atoms with E-state index in [0.29, 0.717) is 33.4 Å². The zero-order valence-corrected chi connectivity index (χ0v) is 25.2. The van der Waals surface area contributed by atoms with Crippen molar-refractivity contribution in [1.29, 1.82) is 0 Å². The van der Waals surface area contributed by atoms with E-state index in [4.69, 9.17) is 0 Å². The van der Waals surface area contributed by atoms with Crippen LogP contribution in [0.5, 0.6) is 46.0 Å². The summed E-state index contributed by atoms with van der Waals surface area (Å²) >= 11 is 0. The second kappa shape index (κ2) is 9.37. The molecule has 4 aliphatic rings. The van der Waals surface area contributed by atoms with Crippen LogP contribution in [0.2, 0.25) is 0 Å². The first-order chi connectivity index (χ1) is 22.4. The van der Waals surface area contributed by atoms with Crippen LogP contribution in [0.25, 0.3) is 66.8 Å². The zero-order chi connectivity index (χ0) is 33.1. The number of hydrogen-bond acceptors (Lipinski definition) is 8. The summed E-state index contributed by atoms with van der Waals surface area (Å²) in [5, 5.41) is 90.4. The molecule has 47 heavy (non-hydrogen) atoms. The van der Waals surface area contributed by atoms with Gasteiger partial charge in [0.2, 0.25) is 0 Å². The van der Waals surface area contributed by atoms with E-state index in [1.807, 2.05) is 24.3 Å². The fourth-order valence-electron chi connectivity index (χ4n) is 7.17. The van der Waals surface area contributed by atoms with E-state index in [2.05, 4.69) is 0 Å². The number of phenolic OH excluding ortho intramolecular Hbond substituents is 8. The lowest BCUT2D eigenvalue weighted by molar-refractivity contribution is 0.423. The van der Waals surface area contributed by atoms with Gasteiger partial charge in [0.25, 0.3) is 0 Å². The molecule has 10 rings (SSSR count). The molecule has 0 fully saturated rings. The van der Waals surface area contributed by atoms with E-state index in [1.54, 1.807) is 38.1 Å². The molecule has 0 spiro atoms. The molecular formula is C39H28O8. The molecule has 4 aliphatic carbocycles. The summed E-state index contributed by atoms with van der Waals surface area (Å²) < 4.78 is 0. The number of hydrogen-bond donors (Lipinski definition) is 8. The minimum absolute atomic E-state index is 0.0649. The Morgan fingerprint density at radius 3 is 1.02 bits per heavy atom. The van der Waals surface area contributed by atoms with E-state index < -0.39 is 5.41 Å². The highest BCUT2D eigenvalue weighted by molar-refractivity contribution is 6.00. The molecule has 0 saturated carbocycles. The van der Waals surface area contributed by atoms with Crippen LogP contribution < -0.4 is 0 Å². The summed E-state index contributed by atoms with van der Waals surface area (Å²) in [6, 6.07) is 23.1. The van der Waals surface area contributed by atoms with Crippen molar-refractivity contribution in [2.45, 2.75) is 19.3 Å². The van der Waals surface area contributed by atoms with Crippen LogP contribution in [0.1, 0.15) is 25.0 Å². The first-order valence-corrected chi connectivity index (χ1v) is 14.9. The van der Waals surface area contributed by atoms with Crippen LogP contribution in [0.15, 0.2) is 84.9 Å². The van der Waals surface area contributed by atoms with Crippen molar-refractivity contribution in [3.8, 4) is 113 Å². The number of phenols is 8. The molecular weight excluding hydrogens is 596 g/mol. The lowest BCUT2D eigenvalue weighted by Crippen LogP contribution is -2.20. The van der Waals surface area contributed by atoms with Gasteiger partial charge in [-0.15, -0.1) is 0 Å². The standard InChI is InChI=1S/C39H28O8/c1-39(2,25-11-13-27(40)31(37(25)46)23-15-21-17-3-7-19(8-4-17)29(33(21)42)35(23)44)26-12-14-28(41)32(38(26)47)24-16-22-18-5-9-20(10-6-18)30(34(22)43)36(24)45/h3-16,40-47H,1-2H3. The molecule has 232 valence electrons. The predicted molar refractivity (Wildman–Crippen MR) is 178 cm³/mol. The van der Waals surface area contributed by atoms with Crippen LogP contribution >= 0.6 is 0 Å². The van der Waals surface area contributed by atoms with Gasteiger partial charge >= 0.3 is 0 Å². The summed E-state index contributed by atoms with van der Waals surface area (Å²) in [6.07, 6.45) is 0. The highest BCUT2D eigenvalue weighted by atomic mass is 16.3. The van der Waals surface area contributed by atoms with Crippen molar-refractivity contribution in [3.63, 3.8) is 0 Å². The Morgan fingerprint density at radius 2 is 0.660 bits per heavy atom. The van der Waals surface area contributed by atoms with Crippen molar-refractivity contribution in [1.82, 2.24) is 0 Å². The van der Waals surface area contributed by atoms with E-state index >= 15 is 0 Å². The molecule has 8 heteroatoms. The first-order valence-electron chi connectivity index (χ1n) is 14.9. The van der Waals surface area contributed by atoms with Gasteiger partial charge in [0.05, 0.1) is 22.3 Å². The molecule has 6 aromatic rings. The van der Waals surface area contributed by atoms with Gasteiger partial charge in [-0.05, 0) is 46.5 Å². The van der Waals surface area contributed by atoms with Crippen LogP contribution in [-0.2, 0) is 5.41 Å². The molecule has 0 aromatic heterocycles. The smallest absolute Gasteiger partial charge is 0.135 e. The second-order valence-corrected chi connectivity index (χ2v) is 12.6. The van der Waals surface area contributed by atoms with Gasteiger partial charge in [-0.25, -0.2) is 0 Å². The van der Waals surface area contributed by atoms with Crippen LogP contribution in [0, 0.1) is 0 Å². The summed E-state index contributed by atoms with van der Waals surface area (Å²) in [5.74, 6) is -2.24. The molecule has 0 aliphatic heterocycles. The third-order valence-electron chi connectivity index (χ3n) is 9.71. The maximum atomic E-state index is 11.8. The molecule has 0 saturated heterocycles. The molecule has 0 atom stereocenters. The second-order valence-electron chi connectivity index (χ2n) is 12.6. The molecule has 6 aromatic carbocycles. The van der Waals surface area contributed by atoms with E-state index in [1.165, 1.54) is 36.4 Å². The Labute approximate surface area is 268 Å². The zero-order valence-electron chi connectivity index (χ0n) is 25.2. The van der Waals surface area contributed by atoms with Gasteiger partial charge in [-0.2, -0.15) is 0 Å². The van der Waals surface area contributed by atoms with E-state index in [9.17, 15) is 40.9 Å². The molecule has 8 N–H and O–H groups in total. The van der Waals surface area contributed by atoms with Gasteiger partial charge in [0, 0.05) is 38.8 Å². The van der Waals surface area contributed by atoms with Crippen LogP contribution in [0.4, 0.5) is 0 Å². The Balaban J connectivity index is 1.31. The average Bonchev–Trinajstić information content (AvgIpc) is 3.28. The lowest BCUT2D eigenvalue weighted by atomic mass is 9.75. The summed E-state index contributed by atoms with van der Waals surface area (Å²) in [7, 11) is 0. The topological polar surface area (TPSA) is 162 Å². The fraction of sp³-hybridized carbons (Fsp3) is 0.0769. The normalized spacial score (nSPS) is 12.3. The molecule has 8 bridgehead atoms. The SMILES string of the molecule is CC(C)(c1ccc(O)c(-c2cc3c(O)c(c2O)-c2ccc-3cc2)c1O)c1ccc(O)c(-c2cc3c(O)c(c2O)-c2ccc-3cc2)c1O. The van der Waals surface area contributed by atoms with Crippen molar-refractivity contribution in [2.75, 3.05) is 0 Å².